The Hall–Kier alpha value is -3.82. The Bertz CT molecular complexity index is 1620. The molecule has 2 aromatic heterocycles. The minimum Gasteiger partial charge on any atom is -0.469 e. The number of halogens is 1. The lowest BCUT2D eigenvalue weighted by molar-refractivity contribution is 0.0144. The number of nitriles is 1. The highest BCUT2D eigenvalue weighted by Crippen LogP contribution is 2.44. The van der Waals surface area contributed by atoms with Crippen molar-refractivity contribution in [2.24, 2.45) is 0 Å². The van der Waals surface area contributed by atoms with Crippen LogP contribution in [0.1, 0.15) is 69.2 Å². The van der Waals surface area contributed by atoms with Crippen LogP contribution in [0.2, 0.25) is 5.02 Å². The molecule has 3 aliphatic rings. The fourth-order valence-electron chi connectivity index (χ4n) is 6.54. The van der Waals surface area contributed by atoms with Gasteiger partial charge in [0.05, 0.1) is 40.8 Å². The van der Waals surface area contributed by atoms with E-state index in [0.717, 1.165) is 47.0 Å². The summed E-state index contributed by atoms with van der Waals surface area (Å²) in [5.74, 6) is 1.18. The molecule has 45 heavy (non-hydrogen) atoms. The summed E-state index contributed by atoms with van der Waals surface area (Å²) in [6.07, 6.45) is 4.72. The first-order valence-electron chi connectivity index (χ1n) is 15.7. The molecule has 0 radical (unpaired) electrons. The lowest BCUT2D eigenvalue weighted by Crippen LogP contribution is -2.56. The number of H-pyrrole nitrogens is 1. The summed E-state index contributed by atoms with van der Waals surface area (Å²) < 4.78 is 18.6. The fourth-order valence-corrected chi connectivity index (χ4v) is 6.82. The summed E-state index contributed by atoms with van der Waals surface area (Å²) in [5, 5.41) is 18.5. The first kappa shape index (κ1) is 31.2. The van der Waals surface area contributed by atoms with Crippen LogP contribution in [0.4, 0.5) is 10.6 Å². The largest absolute Gasteiger partial charge is 0.469 e. The summed E-state index contributed by atoms with van der Waals surface area (Å²) in [6, 6.07) is 4.42. The number of nitrogens with zero attached hydrogens (tertiary/aromatic N) is 7. The highest BCUT2D eigenvalue weighted by atomic mass is 35.5. The maximum Gasteiger partial charge on any atom is 0.410 e. The van der Waals surface area contributed by atoms with E-state index in [2.05, 4.69) is 33.1 Å². The summed E-state index contributed by atoms with van der Waals surface area (Å²) in [6.45, 7) is 10.3. The number of likely N-dealkylation sites (N-methyl/N-ethyl adjacent to an activating group) is 1. The molecule has 0 aliphatic carbocycles. The van der Waals surface area contributed by atoms with E-state index in [1.54, 1.807) is 11.1 Å². The van der Waals surface area contributed by atoms with Crippen molar-refractivity contribution in [1.29, 1.82) is 5.26 Å². The number of hydrogen-bond acceptors (Lipinski definition) is 10. The molecule has 6 rings (SSSR count). The Morgan fingerprint density at radius 2 is 2.04 bits per heavy atom. The SMILES string of the molecule is Cc1cc2[nH]ncc2c(C2CCc3c(nc(OC[C@@H]4CCCN4C)nc3N3CCN(C(=O)OC(C)(C)C)[C@@H](CC#N)C3)O2)c1Cl. The van der Waals surface area contributed by atoms with Gasteiger partial charge in [-0.15, -0.1) is 0 Å². The Kier molecular flexibility index (Phi) is 8.68. The number of aryl methyl sites for hydroxylation is 1. The molecule has 3 atom stereocenters. The molecule has 12 nitrogen and oxygen atoms in total. The standard InChI is InChI=1S/C32H41ClN8O4/c1-19-15-24-23(16-35-38-24)26(27(19)33)25-9-8-22-28(36-30(37-29(22)44-25)43-18-21-7-6-12-39(21)5)40-13-14-41(20(17-40)10-11-34)31(42)45-32(2,3)4/h15-16,20-21,25H,6-10,12-14,17-18H2,1-5H3,(H,35,38)/t20-,21-,25?/m0/s1. The maximum absolute atomic E-state index is 13.1. The number of rotatable bonds is 6. The Morgan fingerprint density at radius 3 is 2.78 bits per heavy atom. The van der Waals surface area contributed by atoms with E-state index in [9.17, 15) is 10.1 Å². The molecular weight excluding hydrogens is 596 g/mol. The van der Waals surface area contributed by atoms with Crippen LogP contribution in [0.5, 0.6) is 11.9 Å². The molecule has 5 heterocycles. The number of carbonyl (C=O) groups excluding carboxylic acids is 1. The van der Waals surface area contributed by atoms with Crippen LogP contribution in [-0.4, -0.2) is 93.6 Å². The van der Waals surface area contributed by atoms with Crippen molar-refractivity contribution in [2.75, 3.05) is 44.7 Å². The number of ether oxygens (including phenoxy) is 3. The van der Waals surface area contributed by atoms with Gasteiger partial charge in [-0.2, -0.15) is 20.3 Å². The van der Waals surface area contributed by atoms with Crippen molar-refractivity contribution >= 4 is 34.4 Å². The van der Waals surface area contributed by atoms with E-state index in [0.29, 0.717) is 61.8 Å². The minimum atomic E-state index is -0.632. The highest BCUT2D eigenvalue weighted by Gasteiger charge is 2.37. The van der Waals surface area contributed by atoms with Crippen molar-refractivity contribution in [3.05, 3.63) is 34.0 Å². The predicted molar refractivity (Wildman–Crippen MR) is 170 cm³/mol. The summed E-state index contributed by atoms with van der Waals surface area (Å²) >= 11 is 6.87. The number of likely N-dealkylation sites (tertiary alicyclic amines) is 1. The van der Waals surface area contributed by atoms with Crippen LogP contribution in [-0.2, 0) is 11.2 Å². The smallest absolute Gasteiger partial charge is 0.410 e. The van der Waals surface area contributed by atoms with Crippen LogP contribution in [0, 0.1) is 18.3 Å². The zero-order valence-corrected chi connectivity index (χ0v) is 27.4. The van der Waals surface area contributed by atoms with E-state index in [1.807, 2.05) is 33.8 Å². The van der Waals surface area contributed by atoms with Gasteiger partial charge in [-0.25, -0.2) is 4.79 Å². The Balaban J connectivity index is 1.32. The third-order valence-corrected chi connectivity index (χ3v) is 9.38. The monoisotopic (exact) mass is 636 g/mol. The molecule has 13 heteroatoms. The number of carbonyl (C=O) groups is 1. The third kappa shape index (κ3) is 6.47. The number of amides is 1. The Morgan fingerprint density at radius 1 is 1.22 bits per heavy atom. The van der Waals surface area contributed by atoms with Crippen LogP contribution in [0.25, 0.3) is 10.9 Å². The first-order chi connectivity index (χ1) is 21.5. The van der Waals surface area contributed by atoms with Gasteiger partial charge < -0.3 is 28.9 Å². The molecule has 2 fully saturated rings. The van der Waals surface area contributed by atoms with E-state index >= 15 is 0 Å². The number of aromatic amines is 1. The molecule has 3 aromatic rings. The van der Waals surface area contributed by atoms with Gasteiger partial charge >= 0.3 is 12.1 Å². The third-order valence-electron chi connectivity index (χ3n) is 8.88. The average molecular weight is 637 g/mol. The number of benzene rings is 1. The number of hydrogen-bond donors (Lipinski definition) is 1. The molecule has 1 amide bonds. The molecule has 1 aromatic carbocycles. The molecule has 1 unspecified atom stereocenters. The second-order valence-corrected chi connectivity index (χ2v) is 13.6. The Labute approximate surface area is 268 Å². The average Bonchev–Trinajstić information content (AvgIpc) is 3.63. The summed E-state index contributed by atoms with van der Waals surface area (Å²) in [7, 11) is 2.11. The van der Waals surface area contributed by atoms with E-state index in [-0.39, 0.29) is 24.6 Å². The first-order valence-corrected chi connectivity index (χ1v) is 16.0. The van der Waals surface area contributed by atoms with Crippen LogP contribution < -0.4 is 14.4 Å². The van der Waals surface area contributed by atoms with Gasteiger partial charge in [0, 0.05) is 36.6 Å². The van der Waals surface area contributed by atoms with Crippen molar-refractivity contribution < 1.29 is 19.0 Å². The second kappa shape index (κ2) is 12.5. The lowest BCUT2D eigenvalue weighted by atomic mass is 9.95. The van der Waals surface area contributed by atoms with E-state index in [4.69, 9.17) is 35.8 Å². The van der Waals surface area contributed by atoms with Crippen molar-refractivity contribution in [2.45, 2.75) is 83.6 Å². The van der Waals surface area contributed by atoms with Gasteiger partial charge in [0.2, 0.25) is 5.88 Å². The van der Waals surface area contributed by atoms with E-state index in [1.165, 1.54) is 0 Å². The fraction of sp³-hybridized carbons (Fsp3) is 0.594. The summed E-state index contributed by atoms with van der Waals surface area (Å²) in [5.41, 5.74) is 2.98. The molecule has 3 aliphatic heterocycles. The zero-order valence-electron chi connectivity index (χ0n) is 26.6. The van der Waals surface area contributed by atoms with Crippen molar-refractivity contribution in [3.8, 4) is 18.0 Å². The van der Waals surface area contributed by atoms with Crippen LogP contribution in [0.15, 0.2) is 12.3 Å². The van der Waals surface area contributed by atoms with Crippen molar-refractivity contribution in [3.63, 3.8) is 0 Å². The lowest BCUT2D eigenvalue weighted by Gasteiger charge is -2.42. The molecule has 1 N–H and O–H groups in total. The minimum absolute atomic E-state index is 0.172. The number of fused-ring (bicyclic) bond motifs is 2. The van der Waals surface area contributed by atoms with Crippen LogP contribution >= 0.6 is 11.6 Å². The number of piperazine rings is 1. The second-order valence-electron chi connectivity index (χ2n) is 13.2. The normalized spacial score (nSPS) is 22.2. The van der Waals surface area contributed by atoms with Gasteiger partial charge in [0.1, 0.15) is 24.1 Å². The zero-order chi connectivity index (χ0) is 31.9. The van der Waals surface area contributed by atoms with Gasteiger partial charge in [0.25, 0.3) is 0 Å². The van der Waals surface area contributed by atoms with Crippen molar-refractivity contribution in [1.82, 2.24) is 30.0 Å². The van der Waals surface area contributed by atoms with Crippen LogP contribution in [0.3, 0.4) is 0 Å². The van der Waals surface area contributed by atoms with E-state index < -0.39 is 11.7 Å². The molecule has 0 bridgehead atoms. The number of aromatic nitrogens is 4. The van der Waals surface area contributed by atoms with Gasteiger partial charge in [-0.3, -0.25) is 5.10 Å². The predicted octanol–water partition coefficient (Wildman–Crippen LogP) is 5.19. The van der Waals surface area contributed by atoms with Gasteiger partial charge in [-0.05, 0) is 78.6 Å². The topological polar surface area (TPSA) is 133 Å². The number of nitrogens with one attached hydrogen (secondary N) is 1. The molecule has 0 saturated carbocycles. The van der Waals surface area contributed by atoms with Gasteiger partial charge in [-0.1, -0.05) is 11.6 Å². The number of anilines is 1. The highest BCUT2D eigenvalue weighted by molar-refractivity contribution is 6.33. The molecule has 2 saturated heterocycles. The maximum atomic E-state index is 13.1. The van der Waals surface area contributed by atoms with Gasteiger partial charge in [0.15, 0.2) is 0 Å². The molecule has 0 spiro atoms. The molecule has 240 valence electrons. The quantitative estimate of drug-likeness (QED) is 0.385. The summed E-state index contributed by atoms with van der Waals surface area (Å²) in [4.78, 5) is 28.8. The molecular formula is C32H41ClN8O4.